The van der Waals surface area contributed by atoms with Crippen molar-refractivity contribution in [3.8, 4) is 0 Å². The lowest BCUT2D eigenvalue weighted by atomic mass is 10.1. The smallest absolute Gasteiger partial charge is 0.323 e. The van der Waals surface area contributed by atoms with E-state index in [1.165, 1.54) is 20.0 Å². The molecule has 126 valence electrons. The fourth-order valence-electron chi connectivity index (χ4n) is 3.66. The summed E-state index contributed by atoms with van der Waals surface area (Å²) in [5.74, 6) is -0.397. The van der Waals surface area contributed by atoms with Gasteiger partial charge in [-0.3, -0.25) is 14.5 Å². The number of aliphatic hydroxyl groups is 1. The molecule has 2 aliphatic rings. The molecule has 0 unspecified atom stereocenters. The van der Waals surface area contributed by atoms with Gasteiger partial charge in [-0.15, -0.1) is 0 Å². The van der Waals surface area contributed by atoms with Crippen LogP contribution in [0.4, 0.5) is 0 Å². The van der Waals surface area contributed by atoms with Gasteiger partial charge < -0.3 is 14.4 Å². The predicted molar refractivity (Wildman–Crippen MR) is 84.5 cm³/mol. The fourth-order valence-corrected chi connectivity index (χ4v) is 3.66. The Morgan fingerprint density at radius 1 is 1.35 bits per heavy atom. The maximum atomic E-state index is 12.7. The van der Waals surface area contributed by atoms with Crippen molar-refractivity contribution in [2.75, 3.05) is 20.2 Å². The molecular weight excluding hydrogens is 296 g/mol. The van der Waals surface area contributed by atoms with Crippen LogP contribution in [0.15, 0.2) is 6.07 Å². The number of Topliss-reactive ketones (excluding diaryl/α,β-unsaturated/α-hetero) is 1. The standard InChI is InChI=1S/C17H24N2O4/c1-10-6-14(11(2)19(10)12-4-5-12)16(21)9-18-8-13(20)7-15(18)17(22)23-3/h6,12-13,15,20H,4-5,7-9H2,1-3H3/t13-,15+/m1/s1. The summed E-state index contributed by atoms with van der Waals surface area (Å²) in [7, 11) is 1.33. The van der Waals surface area contributed by atoms with E-state index in [1.54, 1.807) is 4.90 Å². The highest BCUT2D eigenvalue weighted by molar-refractivity contribution is 5.99. The van der Waals surface area contributed by atoms with Gasteiger partial charge in [0.15, 0.2) is 5.78 Å². The second-order valence-electron chi connectivity index (χ2n) is 6.67. The quantitative estimate of drug-likeness (QED) is 0.653. The van der Waals surface area contributed by atoms with E-state index in [1.807, 2.05) is 19.9 Å². The molecule has 1 saturated carbocycles. The van der Waals surface area contributed by atoms with E-state index in [4.69, 9.17) is 4.74 Å². The third kappa shape index (κ3) is 3.05. The van der Waals surface area contributed by atoms with E-state index in [0.717, 1.165) is 17.0 Å². The van der Waals surface area contributed by atoms with Gasteiger partial charge in [-0.2, -0.15) is 0 Å². The van der Waals surface area contributed by atoms with Crippen molar-refractivity contribution in [3.63, 3.8) is 0 Å². The third-order valence-electron chi connectivity index (χ3n) is 4.90. The van der Waals surface area contributed by atoms with Gasteiger partial charge in [0, 0.05) is 36.0 Å². The molecule has 2 heterocycles. The molecule has 23 heavy (non-hydrogen) atoms. The normalized spacial score (nSPS) is 24.9. The van der Waals surface area contributed by atoms with Gasteiger partial charge in [-0.05, 0) is 32.8 Å². The largest absolute Gasteiger partial charge is 0.468 e. The predicted octanol–water partition coefficient (Wildman–Crippen LogP) is 1.23. The van der Waals surface area contributed by atoms with Gasteiger partial charge in [-0.25, -0.2) is 0 Å². The lowest BCUT2D eigenvalue weighted by Crippen LogP contribution is -2.40. The van der Waals surface area contributed by atoms with Crippen molar-refractivity contribution >= 4 is 11.8 Å². The van der Waals surface area contributed by atoms with Crippen LogP contribution in [0.2, 0.25) is 0 Å². The molecule has 6 nitrogen and oxygen atoms in total. The number of esters is 1. The second kappa shape index (κ2) is 6.09. The Balaban J connectivity index is 1.76. The van der Waals surface area contributed by atoms with Crippen molar-refractivity contribution in [2.24, 2.45) is 0 Å². The zero-order chi connectivity index (χ0) is 16.7. The summed E-state index contributed by atoms with van der Waals surface area (Å²) in [5, 5.41) is 9.82. The number of likely N-dealkylation sites (tertiary alicyclic amines) is 1. The van der Waals surface area contributed by atoms with Gasteiger partial charge in [0.05, 0.1) is 19.8 Å². The Labute approximate surface area is 136 Å². The molecular formula is C17H24N2O4. The highest BCUT2D eigenvalue weighted by atomic mass is 16.5. The van der Waals surface area contributed by atoms with Crippen LogP contribution >= 0.6 is 0 Å². The van der Waals surface area contributed by atoms with E-state index in [0.29, 0.717) is 19.0 Å². The van der Waals surface area contributed by atoms with Crippen LogP contribution in [0.1, 0.15) is 47.1 Å². The van der Waals surface area contributed by atoms with E-state index < -0.39 is 18.1 Å². The summed E-state index contributed by atoms with van der Waals surface area (Å²) in [6.07, 6.45) is 2.08. The molecule has 1 aromatic rings. The number of hydrogen-bond donors (Lipinski definition) is 1. The first-order valence-corrected chi connectivity index (χ1v) is 8.14. The minimum atomic E-state index is -0.592. The Bertz CT molecular complexity index is 633. The van der Waals surface area contributed by atoms with Gasteiger partial charge in [0.1, 0.15) is 6.04 Å². The van der Waals surface area contributed by atoms with E-state index >= 15 is 0 Å². The molecule has 3 rings (SSSR count). The number of aryl methyl sites for hydroxylation is 1. The lowest BCUT2D eigenvalue weighted by Gasteiger charge is -2.21. The number of nitrogens with zero attached hydrogens (tertiary/aromatic N) is 2. The summed E-state index contributed by atoms with van der Waals surface area (Å²) < 4.78 is 7.02. The average molecular weight is 320 g/mol. The van der Waals surface area contributed by atoms with Gasteiger partial charge in [-0.1, -0.05) is 0 Å². The van der Waals surface area contributed by atoms with Crippen molar-refractivity contribution in [1.29, 1.82) is 0 Å². The topological polar surface area (TPSA) is 71.8 Å². The Morgan fingerprint density at radius 2 is 2.04 bits per heavy atom. The average Bonchev–Trinajstić information content (AvgIpc) is 3.20. The van der Waals surface area contributed by atoms with Crippen LogP contribution in [0.25, 0.3) is 0 Å². The van der Waals surface area contributed by atoms with Gasteiger partial charge >= 0.3 is 5.97 Å². The number of ether oxygens (including phenoxy) is 1. The number of carbonyl (C=O) groups excluding carboxylic acids is 2. The number of aromatic nitrogens is 1. The molecule has 2 fully saturated rings. The zero-order valence-corrected chi connectivity index (χ0v) is 13.9. The van der Waals surface area contributed by atoms with Crippen LogP contribution in [0.5, 0.6) is 0 Å². The van der Waals surface area contributed by atoms with Gasteiger partial charge in [0.2, 0.25) is 0 Å². The highest BCUT2D eigenvalue weighted by Crippen LogP contribution is 2.38. The lowest BCUT2D eigenvalue weighted by molar-refractivity contribution is -0.145. The maximum Gasteiger partial charge on any atom is 0.323 e. The van der Waals surface area contributed by atoms with Crippen LogP contribution in [0.3, 0.4) is 0 Å². The molecule has 0 bridgehead atoms. The first-order valence-electron chi connectivity index (χ1n) is 8.14. The molecule has 2 atom stereocenters. The molecule has 0 amide bonds. The Kier molecular flexibility index (Phi) is 4.29. The number of methoxy groups -OCH3 is 1. The molecule has 0 spiro atoms. The van der Waals surface area contributed by atoms with Crippen molar-refractivity contribution in [3.05, 3.63) is 23.0 Å². The summed E-state index contributed by atoms with van der Waals surface area (Å²) in [4.78, 5) is 26.2. The SMILES string of the molecule is COC(=O)[C@@H]1C[C@@H](O)CN1CC(=O)c1cc(C)n(C2CC2)c1C. The highest BCUT2D eigenvalue weighted by Gasteiger charge is 2.38. The summed E-state index contributed by atoms with van der Waals surface area (Å²) in [5.41, 5.74) is 2.84. The molecule has 1 N–H and O–H groups in total. The molecule has 1 aliphatic carbocycles. The van der Waals surface area contributed by atoms with Crippen molar-refractivity contribution < 1.29 is 19.4 Å². The first-order chi connectivity index (χ1) is 10.9. The maximum absolute atomic E-state index is 12.7. The summed E-state index contributed by atoms with van der Waals surface area (Å²) >= 11 is 0. The number of ketones is 1. The fraction of sp³-hybridized carbons (Fsp3) is 0.647. The number of aliphatic hydroxyl groups excluding tert-OH is 1. The van der Waals surface area contributed by atoms with Crippen LogP contribution in [-0.2, 0) is 9.53 Å². The number of rotatable bonds is 5. The van der Waals surface area contributed by atoms with Crippen molar-refractivity contribution in [2.45, 2.75) is 51.3 Å². The molecule has 0 radical (unpaired) electrons. The minimum Gasteiger partial charge on any atom is -0.468 e. The molecule has 0 aromatic carbocycles. The van der Waals surface area contributed by atoms with Crippen LogP contribution in [-0.4, -0.2) is 58.7 Å². The third-order valence-corrected chi connectivity index (χ3v) is 4.90. The molecule has 1 saturated heterocycles. The number of carbonyl (C=O) groups is 2. The molecule has 1 aliphatic heterocycles. The Morgan fingerprint density at radius 3 is 2.65 bits per heavy atom. The first kappa shape index (κ1) is 16.2. The molecule has 1 aromatic heterocycles. The summed E-state index contributed by atoms with van der Waals surface area (Å²) in [6.45, 7) is 4.47. The van der Waals surface area contributed by atoms with E-state index in [2.05, 4.69) is 4.57 Å². The Hall–Kier alpha value is -1.66. The second-order valence-corrected chi connectivity index (χ2v) is 6.67. The van der Waals surface area contributed by atoms with Crippen LogP contribution < -0.4 is 0 Å². The minimum absolute atomic E-state index is 0.00648. The number of hydrogen-bond acceptors (Lipinski definition) is 5. The zero-order valence-electron chi connectivity index (χ0n) is 13.9. The van der Waals surface area contributed by atoms with E-state index in [-0.39, 0.29) is 12.3 Å². The van der Waals surface area contributed by atoms with Crippen LogP contribution in [0, 0.1) is 13.8 Å². The van der Waals surface area contributed by atoms with Crippen molar-refractivity contribution in [1.82, 2.24) is 9.47 Å². The number of β-amino-alcohol motifs (C(OH)–C–C–N with tert-alkyl or cyclic N) is 1. The van der Waals surface area contributed by atoms with Gasteiger partial charge in [0.25, 0.3) is 0 Å². The summed E-state index contributed by atoms with van der Waals surface area (Å²) in [6, 6.07) is 1.94. The molecule has 6 heteroatoms. The monoisotopic (exact) mass is 320 g/mol. The van der Waals surface area contributed by atoms with E-state index in [9.17, 15) is 14.7 Å².